The van der Waals surface area contributed by atoms with Gasteiger partial charge in [0.2, 0.25) is 11.8 Å². The molecule has 0 saturated carbocycles. The van der Waals surface area contributed by atoms with E-state index in [9.17, 15) is 18.0 Å². The number of rotatable bonds is 11. The molecule has 3 aromatic carbocycles. The third-order valence-electron chi connectivity index (χ3n) is 6.08. The summed E-state index contributed by atoms with van der Waals surface area (Å²) in [5, 5.41) is 3.21. The summed E-state index contributed by atoms with van der Waals surface area (Å²) in [7, 11) is -4.14. The standard InChI is InChI=1S/C28H31BrClN3O4S/c1-4-16-31-28(35)21(3)32(18-22-10-8-11-23(29)17-22)27(34)19-33(26-15-9-14-25(30)20(26)2)38(36,37)24-12-6-5-7-13-24/h5-15,17,21H,4,16,18-19H2,1-3H3,(H,31,35)/t21-/m1/s1. The van der Waals surface area contributed by atoms with Gasteiger partial charge in [0, 0.05) is 22.6 Å². The highest BCUT2D eigenvalue weighted by Crippen LogP contribution is 2.31. The Hall–Kier alpha value is -2.88. The van der Waals surface area contributed by atoms with Crippen LogP contribution in [-0.2, 0) is 26.2 Å². The van der Waals surface area contributed by atoms with E-state index in [-0.39, 0.29) is 17.3 Å². The van der Waals surface area contributed by atoms with Crippen LogP contribution in [0.4, 0.5) is 5.69 Å². The molecule has 0 radical (unpaired) electrons. The highest BCUT2D eigenvalue weighted by molar-refractivity contribution is 9.10. The predicted molar refractivity (Wildman–Crippen MR) is 155 cm³/mol. The summed E-state index contributed by atoms with van der Waals surface area (Å²) < 4.78 is 29.6. The molecule has 0 aromatic heterocycles. The van der Waals surface area contributed by atoms with Crippen molar-refractivity contribution in [2.24, 2.45) is 0 Å². The fraction of sp³-hybridized carbons (Fsp3) is 0.286. The van der Waals surface area contributed by atoms with Gasteiger partial charge in [0.1, 0.15) is 12.6 Å². The van der Waals surface area contributed by atoms with Crippen molar-refractivity contribution in [1.29, 1.82) is 0 Å². The first-order valence-electron chi connectivity index (χ1n) is 12.2. The summed E-state index contributed by atoms with van der Waals surface area (Å²) in [5.74, 6) is -0.838. The van der Waals surface area contributed by atoms with E-state index in [1.807, 2.05) is 31.2 Å². The SMILES string of the molecule is CCCNC(=O)[C@@H](C)N(Cc1cccc(Br)c1)C(=O)CN(c1cccc(Cl)c1C)S(=O)(=O)c1ccccc1. The van der Waals surface area contributed by atoms with Crippen molar-refractivity contribution in [1.82, 2.24) is 10.2 Å². The second-order valence-corrected chi connectivity index (χ2v) is 12.0. The van der Waals surface area contributed by atoms with E-state index in [1.54, 1.807) is 50.2 Å². The Morgan fingerprint density at radius 3 is 2.37 bits per heavy atom. The molecule has 0 spiro atoms. The summed E-state index contributed by atoms with van der Waals surface area (Å²) in [6.45, 7) is 5.36. The molecule has 0 heterocycles. The molecule has 0 fully saturated rings. The monoisotopic (exact) mass is 619 g/mol. The zero-order valence-electron chi connectivity index (χ0n) is 21.5. The van der Waals surface area contributed by atoms with E-state index in [0.29, 0.717) is 22.8 Å². The summed E-state index contributed by atoms with van der Waals surface area (Å²) in [5.41, 5.74) is 1.60. The first kappa shape index (κ1) is 29.7. The summed E-state index contributed by atoms with van der Waals surface area (Å²) in [4.78, 5) is 28.3. The second-order valence-electron chi connectivity index (χ2n) is 8.83. The van der Waals surface area contributed by atoms with Crippen LogP contribution in [-0.4, -0.2) is 44.3 Å². The third kappa shape index (κ3) is 7.15. The van der Waals surface area contributed by atoms with Crippen molar-refractivity contribution in [2.45, 2.75) is 44.7 Å². The van der Waals surface area contributed by atoms with Gasteiger partial charge in [0.25, 0.3) is 10.0 Å². The number of hydrogen-bond acceptors (Lipinski definition) is 4. The van der Waals surface area contributed by atoms with E-state index < -0.39 is 28.5 Å². The fourth-order valence-electron chi connectivity index (χ4n) is 3.91. The Morgan fingerprint density at radius 1 is 1.03 bits per heavy atom. The maximum absolute atomic E-state index is 13.9. The van der Waals surface area contributed by atoms with Crippen LogP contribution in [0, 0.1) is 6.92 Å². The average molecular weight is 621 g/mol. The van der Waals surface area contributed by atoms with Crippen LogP contribution >= 0.6 is 27.5 Å². The van der Waals surface area contributed by atoms with Gasteiger partial charge >= 0.3 is 0 Å². The van der Waals surface area contributed by atoms with Gasteiger partial charge in [-0.25, -0.2) is 8.42 Å². The lowest BCUT2D eigenvalue weighted by Crippen LogP contribution is -2.51. The highest BCUT2D eigenvalue weighted by atomic mass is 79.9. The number of hydrogen-bond donors (Lipinski definition) is 1. The van der Waals surface area contributed by atoms with Gasteiger partial charge in [0.05, 0.1) is 10.6 Å². The van der Waals surface area contributed by atoms with Gasteiger partial charge in [-0.2, -0.15) is 0 Å². The molecule has 10 heteroatoms. The lowest BCUT2D eigenvalue weighted by atomic mass is 10.1. The number of halogens is 2. The van der Waals surface area contributed by atoms with Crippen molar-refractivity contribution in [3.05, 3.63) is 93.4 Å². The minimum Gasteiger partial charge on any atom is -0.354 e. The van der Waals surface area contributed by atoms with Crippen LogP contribution in [0.2, 0.25) is 5.02 Å². The smallest absolute Gasteiger partial charge is 0.264 e. The first-order chi connectivity index (χ1) is 18.1. The lowest BCUT2D eigenvalue weighted by molar-refractivity contribution is -0.139. The number of nitrogens with zero attached hydrogens (tertiary/aromatic N) is 2. The average Bonchev–Trinajstić information content (AvgIpc) is 2.90. The molecule has 0 saturated heterocycles. The number of benzene rings is 3. The molecular formula is C28H31BrClN3O4S. The molecule has 202 valence electrons. The maximum atomic E-state index is 13.9. The summed E-state index contributed by atoms with van der Waals surface area (Å²) >= 11 is 9.79. The van der Waals surface area contributed by atoms with E-state index >= 15 is 0 Å². The van der Waals surface area contributed by atoms with E-state index in [1.165, 1.54) is 17.0 Å². The molecule has 38 heavy (non-hydrogen) atoms. The normalized spacial score (nSPS) is 12.0. The molecule has 0 bridgehead atoms. The van der Waals surface area contributed by atoms with E-state index in [4.69, 9.17) is 11.6 Å². The quantitative estimate of drug-likeness (QED) is 0.305. The van der Waals surface area contributed by atoms with Crippen molar-refractivity contribution < 1.29 is 18.0 Å². The Morgan fingerprint density at radius 2 is 1.71 bits per heavy atom. The van der Waals surface area contributed by atoms with Crippen molar-refractivity contribution in [2.75, 3.05) is 17.4 Å². The third-order valence-corrected chi connectivity index (χ3v) is 8.75. The molecule has 0 aliphatic carbocycles. The molecule has 3 aromatic rings. The van der Waals surface area contributed by atoms with E-state index in [0.717, 1.165) is 20.8 Å². The number of nitrogens with one attached hydrogen (secondary N) is 1. The zero-order valence-corrected chi connectivity index (χ0v) is 24.7. The van der Waals surface area contributed by atoms with E-state index in [2.05, 4.69) is 21.2 Å². The molecule has 0 aliphatic heterocycles. The zero-order chi connectivity index (χ0) is 27.9. The van der Waals surface area contributed by atoms with Crippen LogP contribution in [0.3, 0.4) is 0 Å². The van der Waals surface area contributed by atoms with Gasteiger partial charge < -0.3 is 10.2 Å². The Bertz CT molecular complexity index is 1390. The van der Waals surface area contributed by atoms with Crippen molar-refractivity contribution in [3.8, 4) is 0 Å². The minimum absolute atomic E-state index is 0.0412. The lowest BCUT2D eigenvalue weighted by Gasteiger charge is -2.32. The van der Waals surface area contributed by atoms with Crippen molar-refractivity contribution >= 4 is 55.1 Å². The maximum Gasteiger partial charge on any atom is 0.264 e. The van der Waals surface area contributed by atoms with Crippen LogP contribution < -0.4 is 9.62 Å². The van der Waals surface area contributed by atoms with Crippen LogP contribution in [0.1, 0.15) is 31.4 Å². The Balaban J connectivity index is 2.05. The number of sulfonamides is 1. The number of anilines is 1. The molecule has 7 nitrogen and oxygen atoms in total. The first-order valence-corrected chi connectivity index (χ1v) is 14.8. The number of amides is 2. The molecule has 0 aliphatic rings. The molecule has 2 amide bonds. The molecule has 1 atom stereocenters. The van der Waals surface area contributed by atoms with Crippen molar-refractivity contribution in [3.63, 3.8) is 0 Å². The van der Waals surface area contributed by atoms with Gasteiger partial charge in [-0.15, -0.1) is 0 Å². The molecule has 0 unspecified atom stereocenters. The predicted octanol–water partition coefficient (Wildman–Crippen LogP) is 5.55. The number of carbonyl (C=O) groups is 2. The molecule has 3 rings (SSSR count). The minimum atomic E-state index is -4.14. The number of carbonyl (C=O) groups excluding carboxylic acids is 2. The van der Waals surface area contributed by atoms with Gasteiger partial charge in [0.15, 0.2) is 0 Å². The summed E-state index contributed by atoms with van der Waals surface area (Å²) in [6, 6.07) is 19.4. The Labute approximate surface area is 238 Å². The molecule has 1 N–H and O–H groups in total. The summed E-state index contributed by atoms with van der Waals surface area (Å²) in [6.07, 6.45) is 0.745. The largest absolute Gasteiger partial charge is 0.354 e. The highest BCUT2D eigenvalue weighted by Gasteiger charge is 2.33. The van der Waals surface area contributed by atoms with Gasteiger partial charge in [-0.05, 0) is 67.8 Å². The Kier molecular flexibility index (Phi) is 10.4. The van der Waals surface area contributed by atoms with Gasteiger partial charge in [-0.1, -0.05) is 70.9 Å². The second kappa shape index (κ2) is 13.3. The fourth-order valence-corrected chi connectivity index (χ4v) is 6.02. The van der Waals surface area contributed by atoms with Crippen LogP contribution in [0.5, 0.6) is 0 Å². The van der Waals surface area contributed by atoms with Gasteiger partial charge in [-0.3, -0.25) is 13.9 Å². The molecular weight excluding hydrogens is 590 g/mol. The van der Waals surface area contributed by atoms with Crippen LogP contribution in [0.15, 0.2) is 82.2 Å². The topological polar surface area (TPSA) is 86.8 Å². The van der Waals surface area contributed by atoms with Crippen LogP contribution in [0.25, 0.3) is 0 Å².